The van der Waals surface area contributed by atoms with Gasteiger partial charge in [-0.15, -0.1) is 0 Å². The van der Waals surface area contributed by atoms with E-state index in [0.29, 0.717) is 0 Å². The average molecular weight is 341 g/mol. The van der Waals surface area contributed by atoms with Gasteiger partial charge in [-0.25, -0.2) is 0 Å². The van der Waals surface area contributed by atoms with Crippen LogP contribution in [0.15, 0.2) is 0 Å². The number of carbonyl (C=O) groups is 2. The van der Waals surface area contributed by atoms with Crippen molar-refractivity contribution < 1.29 is 45.3 Å². The van der Waals surface area contributed by atoms with Crippen molar-refractivity contribution in [1.82, 2.24) is 4.90 Å². The molecule has 10 heteroatoms. The van der Waals surface area contributed by atoms with Crippen molar-refractivity contribution >= 4 is 11.9 Å². The second kappa shape index (κ2) is 14.3. The number of hydrogen-bond acceptors (Lipinski definition) is 8. The summed E-state index contributed by atoms with van der Waals surface area (Å²) >= 11 is 0. The first-order chi connectivity index (χ1) is 10.8. The van der Waals surface area contributed by atoms with Crippen LogP contribution >= 0.6 is 0 Å². The Labute approximate surface area is 134 Å². The molecule has 0 saturated heterocycles. The van der Waals surface area contributed by atoms with Crippen molar-refractivity contribution in [3.8, 4) is 0 Å². The van der Waals surface area contributed by atoms with Gasteiger partial charge in [-0.3, -0.25) is 14.5 Å². The third-order valence-electron chi connectivity index (χ3n) is 3.07. The fourth-order valence-corrected chi connectivity index (χ4v) is 1.50. The van der Waals surface area contributed by atoms with Crippen LogP contribution in [0, 0.1) is 5.41 Å². The van der Waals surface area contributed by atoms with Gasteiger partial charge < -0.3 is 35.7 Å². The summed E-state index contributed by atoms with van der Waals surface area (Å²) in [5, 5.41) is 59.9. The molecule has 0 rings (SSSR count). The quantitative estimate of drug-likeness (QED) is 0.196. The highest BCUT2D eigenvalue weighted by atomic mass is 16.4. The van der Waals surface area contributed by atoms with Crippen LogP contribution in [0.3, 0.4) is 0 Å². The third-order valence-corrected chi connectivity index (χ3v) is 3.07. The second-order valence-electron chi connectivity index (χ2n) is 4.99. The van der Waals surface area contributed by atoms with E-state index in [-0.39, 0.29) is 45.7 Å². The van der Waals surface area contributed by atoms with E-state index in [9.17, 15) is 9.59 Å². The van der Waals surface area contributed by atoms with Gasteiger partial charge in [0.25, 0.3) is 0 Å². The standard InChI is InChI=1S/C7H14O5.C6H13NO4/c8-3-7(4-9,5-10)2-1-6(11)12;8-3-1-7(2-4-9)5-6(10)11/h8-10H,1-5H2,(H,11,12);8-9H,1-5H2,(H,10,11). The smallest absolute Gasteiger partial charge is 0.317 e. The van der Waals surface area contributed by atoms with Crippen molar-refractivity contribution in [3.05, 3.63) is 0 Å². The lowest BCUT2D eigenvalue weighted by atomic mass is 9.86. The molecule has 0 atom stereocenters. The highest BCUT2D eigenvalue weighted by Crippen LogP contribution is 2.21. The highest BCUT2D eigenvalue weighted by molar-refractivity contribution is 5.69. The Hall–Kier alpha value is -1.30. The first-order valence-corrected chi connectivity index (χ1v) is 7.01. The minimum atomic E-state index is -1.06. The van der Waals surface area contributed by atoms with Crippen LogP contribution in [-0.4, -0.2) is 105 Å². The van der Waals surface area contributed by atoms with Gasteiger partial charge in [0.05, 0.1) is 39.6 Å². The molecule has 0 fully saturated rings. The van der Waals surface area contributed by atoms with Gasteiger partial charge in [0.15, 0.2) is 0 Å². The van der Waals surface area contributed by atoms with Gasteiger partial charge in [-0.05, 0) is 6.42 Å². The molecule has 0 aliphatic carbocycles. The molecule has 138 valence electrons. The van der Waals surface area contributed by atoms with Crippen LogP contribution < -0.4 is 0 Å². The van der Waals surface area contributed by atoms with Crippen LogP contribution in [0.2, 0.25) is 0 Å². The molecule has 0 aliphatic heterocycles. The van der Waals surface area contributed by atoms with Gasteiger partial charge in [0, 0.05) is 24.9 Å². The maximum atomic E-state index is 10.2. The summed E-state index contributed by atoms with van der Waals surface area (Å²) in [5.41, 5.74) is -1.06. The molecule has 0 aromatic rings. The zero-order valence-electron chi connectivity index (χ0n) is 13.0. The number of aliphatic carboxylic acids is 2. The van der Waals surface area contributed by atoms with E-state index in [4.69, 9.17) is 35.7 Å². The Balaban J connectivity index is 0. The van der Waals surface area contributed by atoms with Gasteiger partial charge in [0.2, 0.25) is 0 Å². The number of aliphatic hydroxyl groups is 5. The van der Waals surface area contributed by atoms with Crippen molar-refractivity contribution in [2.24, 2.45) is 5.41 Å². The van der Waals surface area contributed by atoms with Crippen LogP contribution in [0.5, 0.6) is 0 Å². The summed E-state index contributed by atoms with van der Waals surface area (Å²) in [4.78, 5) is 21.8. The third kappa shape index (κ3) is 12.9. The number of hydrogen-bond donors (Lipinski definition) is 7. The molecule has 23 heavy (non-hydrogen) atoms. The lowest BCUT2D eigenvalue weighted by Crippen LogP contribution is -2.34. The van der Waals surface area contributed by atoms with Crippen LogP contribution in [0.4, 0.5) is 0 Å². The van der Waals surface area contributed by atoms with E-state index in [1.807, 2.05) is 0 Å². The fourth-order valence-electron chi connectivity index (χ4n) is 1.50. The summed E-state index contributed by atoms with van der Waals surface area (Å²) in [6.07, 6.45) is -0.0898. The van der Waals surface area contributed by atoms with Crippen molar-refractivity contribution in [1.29, 1.82) is 0 Å². The molecule has 7 N–H and O–H groups in total. The predicted molar refractivity (Wildman–Crippen MR) is 78.8 cm³/mol. The number of nitrogens with zero attached hydrogens (tertiary/aromatic N) is 1. The SMILES string of the molecule is O=C(O)CCC(CO)(CO)CO.O=C(O)CN(CCO)CCO. The van der Waals surface area contributed by atoms with Gasteiger partial charge in [-0.1, -0.05) is 0 Å². The zero-order chi connectivity index (χ0) is 18.3. The van der Waals surface area contributed by atoms with Gasteiger partial charge in [-0.2, -0.15) is 0 Å². The summed E-state index contributed by atoms with van der Waals surface area (Å²) in [6.45, 7) is -0.977. The monoisotopic (exact) mass is 341 g/mol. The fraction of sp³-hybridized carbons (Fsp3) is 0.846. The first-order valence-electron chi connectivity index (χ1n) is 7.01. The summed E-state index contributed by atoms with van der Waals surface area (Å²) in [5.74, 6) is -1.96. The highest BCUT2D eigenvalue weighted by Gasteiger charge is 2.28. The molecule has 0 aromatic carbocycles. The molecule has 0 radical (unpaired) electrons. The van der Waals surface area contributed by atoms with E-state index in [0.717, 1.165) is 0 Å². The van der Waals surface area contributed by atoms with E-state index in [2.05, 4.69) is 0 Å². The lowest BCUT2D eigenvalue weighted by Gasteiger charge is -2.26. The number of rotatable bonds is 12. The van der Waals surface area contributed by atoms with E-state index >= 15 is 0 Å². The summed E-state index contributed by atoms with van der Waals surface area (Å²) < 4.78 is 0. The minimum absolute atomic E-state index is 0.0752. The van der Waals surface area contributed by atoms with Crippen LogP contribution in [-0.2, 0) is 9.59 Å². The topological polar surface area (TPSA) is 179 Å². The molecule has 0 spiro atoms. The van der Waals surface area contributed by atoms with Crippen LogP contribution in [0.25, 0.3) is 0 Å². The van der Waals surface area contributed by atoms with E-state index < -0.39 is 37.2 Å². The zero-order valence-corrected chi connectivity index (χ0v) is 13.0. The first kappa shape index (κ1) is 24.0. The summed E-state index contributed by atoms with van der Waals surface area (Å²) in [7, 11) is 0. The molecule has 10 nitrogen and oxygen atoms in total. The van der Waals surface area contributed by atoms with Gasteiger partial charge in [0.1, 0.15) is 0 Å². The molecular weight excluding hydrogens is 314 g/mol. The normalized spacial score (nSPS) is 11.0. The number of carboxylic acids is 2. The summed E-state index contributed by atoms with van der Waals surface area (Å²) in [6, 6.07) is 0. The number of carboxylic acid groups (broad SMARTS) is 2. The van der Waals surface area contributed by atoms with Crippen LogP contribution in [0.1, 0.15) is 12.8 Å². The Bertz CT molecular complexity index is 306. The molecule has 0 saturated carbocycles. The van der Waals surface area contributed by atoms with E-state index in [1.165, 1.54) is 4.90 Å². The molecule has 0 amide bonds. The van der Waals surface area contributed by atoms with Crippen molar-refractivity contribution in [3.63, 3.8) is 0 Å². The van der Waals surface area contributed by atoms with Crippen molar-refractivity contribution in [2.75, 3.05) is 52.7 Å². The van der Waals surface area contributed by atoms with E-state index in [1.54, 1.807) is 0 Å². The number of aliphatic hydroxyl groups excluding tert-OH is 5. The molecule has 0 heterocycles. The molecule has 0 bridgehead atoms. The maximum absolute atomic E-state index is 10.2. The van der Waals surface area contributed by atoms with Crippen molar-refractivity contribution in [2.45, 2.75) is 12.8 Å². The second-order valence-corrected chi connectivity index (χ2v) is 4.99. The Morgan fingerprint density at radius 3 is 1.48 bits per heavy atom. The Kier molecular flexibility index (Phi) is 14.9. The lowest BCUT2D eigenvalue weighted by molar-refractivity contribution is -0.139. The molecular formula is C13H27NO9. The largest absolute Gasteiger partial charge is 0.481 e. The van der Waals surface area contributed by atoms with Gasteiger partial charge >= 0.3 is 11.9 Å². The molecule has 0 unspecified atom stereocenters. The average Bonchev–Trinajstić information content (AvgIpc) is 2.50. The molecule has 0 aliphatic rings. The molecule has 0 aromatic heterocycles. The maximum Gasteiger partial charge on any atom is 0.317 e. The minimum Gasteiger partial charge on any atom is -0.481 e. The predicted octanol–water partition coefficient (Wildman–Crippen LogP) is -2.83. The Morgan fingerprint density at radius 1 is 0.783 bits per heavy atom. The Morgan fingerprint density at radius 2 is 1.22 bits per heavy atom.